The number of nitrogens with zero attached hydrogens (tertiary/aromatic N) is 3. The fourth-order valence-corrected chi connectivity index (χ4v) is 2.16. The number of nitriles is 1. The molecule has 2 rings (SSSR count). The molecule has 1 aromatic heterocycles. The highest BCUT2D eigenvalue weighted by molar-refractivity contribution is 6.05. The van der Waals surface area contributed by atoms with Crippen molar-refractivity contribution in [3.05, 3.63) is 53.7 Å². The molecule has 0 atom stereocenters. The maximum atomic E-state index is 12.4. The Bertz CT molecular complexity index is 736. The Balaban J connectivity index is 2.00. The predicted octanol–water partition coefficient (Wildman–Crippen LogP) is 2.57. The largest absolute Gasteiger partial charge is 0.370 e. The van der Waals surface area contributed by atoms with Crippen molar-refractivity contribution in [3.63, 3.8) is 0 Å². The van der Waals surface area contributed by atoms with Gasteiger partial charge in [-0.15, -0.1) is 0 Å². The molecule has 0 fully saturated rings. The molecular weight excluding hydrogens is 302 g/mol. The number of nitrogens with one attached hydrogen (secondary N) is 2. The highest BCUT2D eigenvalue weighted by Crippen LogP contribution is 2.15. The summed E-state index contributed by atoms with van der Waals surface area (Å²) in [6.45, 7) is 1.77. The fourth-order valence-electron chi connectivity index (χ4n) is 2.16. The molecule has 24 heavy (non-hydrogen) atoms. The van der Waals surface area contributed by atoms with Gasteiger partial charge in [0, 0.05) is 18.3 Å². The number of amides is 1. The Morgan fingerprint density at radius 2 is 2.08 bits per heavy atom. The Morgan fingerprint density at radius 1 is 1.29 bits per heavy atom. The monoisotopic (exact) mass is 323 g/mol. The second kappa shape index (κ2) is 8.65. The lowest BCUT2D eigenvalue weighted by atomic mass is 10.1. The Labute approximate surface area is 142 Å². The average molecular weight is 323 g/mol. The van der Waals surface area contributed by atoms with Crippen LogP contribution in [0.5, 0.6) is 0 Å². The van der Waals surface area contributed by atoms with Crippen molar-refractivity contribution in [3.8, 4) is 6.07 Å². The molecule has 0 aliphatic rings. The van der Waals surface area contributed by atoms with Crippen molar-refractivity contribution in [2.75, 3.05) is 37.8 Å². The minimum atomic E-state index is -0.267. The molecule has 0 unspecified atom stereocenters. The van der Waals surface area contributed by atoms with Gasteiger partial charge in [0.25, 0.3) is 5.91 Å². The lowest BCUT2D eigenvalue weighted by molar-refractivity contribution is 0.102. The van der Waals surface area contributed by atoms with Crippen LogP contribution < -0.4 is 10.6 Å². The van der Waals surface area contributed by atoms with E-state index >= 15 is 0 Å². The van der Waals surface area contributed by atoms with E-state index in [-0.39, 0.29) is 5.91 Å². The summed E-state index contributed by atoms with van der Waals surface area (Å²) in [5.74, 6) is 0.395. The number of aromatic nitrogens is 1. The van der Waals surface area contributed by atoms with Gasteiger partial charge in [-0.2, -0.15) is 5.26 Å². The Hall–Kier alpha value is -2.91. The number of anilines is 2. The standard InChI is InChI=1S/C18H21N5O/c1-23(2)11-5-9-20-17-12-14(8-10-21-17)18(24)22-16-7-4-3-6-15(16)13-19/h3-4,6-8,10,12H,5,9,11H2,1-2H3,(H,20,21)(H,22,24). The number of carbonyl (C=O) groups excluding carboxylic acids is 1. The summed E-state index contributed by atoms with van der Waals surface area (Å²) in [7, 11) is 4.06. The normalized spacial score (nSPS) is 10.2. The molecule has 0 radical (unpaired) electrons. The minimum Gasteiger partial charge on any atom is -0.370 e. The number of pyridine rings is 1. The SMILES string of the molecule is CN(C)CCCNc1cc(C(=O)Nc2ccccc2C#N)ccn1. The molecule has 1 aromatic carbocycles. The van der Waals surface area contributed by atoms with E-state index in [1.807, 2.05) is 14.1 Å². The second-order valence-electron chi connectivity index (χ2n) is 5.62. The summed E-state index contributed by atoms with van der Waals surface area (Å²) in [5, 5.41) is 15.1. The van der Waals surface area contributed by atoms with Crippen LogP contribution >= 0.6 is 0 Å². The topological polar surface area (TPSA) is 81.0 Å². The van der Waals surface area contributed by atoms with Crippen molar-refractivity contribution < 1.29 is 4.79 Å². The predicted molar refractivity (Wildman–Crippen MR) is 95.0 cm³/mol. The fraction of sp³-hybridized carbons (Fsp3) is 0.278. The lowest BCUT2D eigenvalue weighted by Gasteiger charge is -2.11. The molecule has 0 bridgehead atoms. The summed E-state index contributed by atoms with van der Waals surface area (Å²) in [4.78, 5) is 18.7. The van der Waals surface area contributed by atoms with Crippen molar-refractivity contribution >= 4 is 17.4 Å². The van der Waals surface area contributed by atoms with Crippen molar-refractivity contribution in [2.24, 2.45) is 0 Å². The molecule has 6 nitrogen and oxygen atoms in total. The maximum absolute atomic E-state index is 12.4. The molecule has 6 heteroatoms. The van der Waals surface area contributed by atoms with Gasteiger partial charge in [0.05, 0.1) is 11.3 Å². The molecule has 0 aliphatic carbocycles. The number of benzene rings is 1. The van der Waals surface area contributed by atoms with E-state index in [9.17, 15) is 4.79 Å². The summed E-state index contributed by atoms with van der Waals surface area (Å²) in [6.07, 6.45) is 2.58. The van der Waals surface area contributed by atoms with E-state index in [0.29, 0.717) is 22.6 Å². The molecule has 0 saturated heterocycles. The van der Waals surface area contributed by atoms with Crippen LogP contribution in [0.3, 0.4) is 0 Å². The number of rotatable bonds is 7. The first kappa shape index (κ1) is 17.4. The van der Waals surface area contributed by atoms with Gasteiger partial charge in [0.1, 0.15) is 11.9 Å². The third-order valence-corrected chi connectivity index (χ3v) is 3.41. The minimum absolute atomic E-state index is 0.267. The van der Waals surface area contributed by atoms with Crippen LogP contribution in [0.1, 0.15) is 22.3 Å². The number of hydrogen-bond donors (Lipinski definition) is 2. The summed E-state index contributed by atoms with van der Waals surface area (Å²) < 4.78 is 0. The van der Waals surface area contributed by atoms with E-state index in [4.69, 9.17) is 5.26 Å². The summed E-state index contributed by atoms with van der Waals surface area (Å²) >= 11 is 0. The average Bonchev–Trinajstić information content (AvgIpc) is 2.59. The molecule has 1 heterocycles. The van der Waals surface area contributed by atoms with Gasteiger partial charge in [-0.25, -0.2) is 4.98 Å². The van der Waals surface area contributed by atoms with E-state index in [2.05, 4.69) is 26.6 Å². The number of para-hydroxylation sites is 1. The zero-order valence-electron chi connectivity index (χ0n) is 13.9. The maximum Gasteiger partial charge on any atom is 0.255 e. The Morgan fingerprint density at radius 3 is 2.83 bits per heavy atom. The molecule has 2 N–H and O–H groups in total. The molecular formula is C18H21N5O. The van der Waals surface area contributed by atoms with Crippen molar-refractivity contribution in [2.45, 2.75) is 6.42 Å². The molecule has 0 saturated carbocycles. The number of carbonyl (C=O) groups is 1. The third kappa shape index (κ3) is 5.07. The lowest BCUT2D eigenvalue weighted by Crippen LogP contribution is -2.17. The van der Waals surface area contributed by atoms with Crippen LogP contribution in [0.25, 0.3) is 0 Å². The van der Waals surface area contributed by atoms with E-state index in [0.717, 1.165) is 19.5 Å². The molecule has 124 valence electrons. The Kier molecular flexibility index (Phi) is 6.29. The van der Waals surface area contributed by atoms with Crippen LogP contribution in [0.4, 0.5) is 11.5 Å². The summed E-state index contributed by atoms with van der Waals surface area (Å²) in [5.41, 5.74) is 1.43. The molecule has 1 amide bonds. The highest BCUT2D eigenvalue weighted by Gasteiger charge is 2.09. The molecule has 0 spiro atoms. The van der Waals surface area contributed by atoms with Crippen LogP contribution in [-0.4, -0.2) is 43.0 Å². The third-order valence-electron chi connectivity index (χ3n) is 3.41. The van der Waals surface area contributed by atoms with Gasteiger partial charge in [-0.1, -0.05) is 12.1 Å². The van der Waals surface area contributed by atoms with Gasteiger partial charge < -0.3 is 15.5 Å². The van der Waals surface area contributed by atoms with Crippen LogP contribution in [0.15, 0.2) is 42.6 Å². The van der Waals surface area contributed by atoms with Crippen molar-refractivity contribution in [1.29, 1.82) is 5.26 Å². The number of hydrogen-bond acceptors (Lipinski definition) is 5. The molecule has 2 aromatic rings. The van der Waals surface area contributed by atoms with Gasteiger partial charge in [-0.3, -0.25) is 4.79 Å². The molecule has 0 aliphatic heterocycles. The van der Waals surface area contributed by atoms with Gasteiger partial charge in [0.2, 0.25) is 0 Å². The first-order chi connectivity index (χ1) is 11.6. The smallest absolute Gasteiger partial charge is 0.255 e. The van der Waals surface area contributed by atoms with Crippen LogP contribution in [-0.2, 0) is 0 Å². The summed E-state index contributed by atoms with van der Waals surface area (Å²) in [6, 6.07) is 12.3. The van der Waals surface area contributed by atoms with Crippen molar-refractivity contribution in [1.82, 2.24) is 9.88 Å². The van der Waals surface area contributed by atoms with E-state index < -0.39 is 0 Å². The van der Waals surface area contributed by atoms with Gasteiger partial charge in [0.15, 0.2) is 0 Å². The second-order valence-corrected chi connectivity index (χ2v) is 5.62. The zero-order valence-corrected chi connectivity index (χ0v) is 13.9. The highest BCUT2D eigenvalue weighted by atomic mass is 16.1. The van der Waals surface area contributed by atoms with E-state index in [1.54, 1.807) is 42.6 Å². The van der Waals surface area contributed by atoms with E-state index in [1.165, 1.54) is 0 Å². The van der Waals surface area contributed by atoms with Crippen LogP contribution in [0.2, 0.25) is 0 Å². The zero-order chi connectivity index (χ0) is 17.4. The van der Waals surface area contributed by atoms with Gasteiger partial charge in [-0.05, 0) is 51.3 Å². The quantitative estimate of drug-likeness (QED) is 0.765. The first-order valence-corrected chi connectivity index (χ1v) is 7.75. The van der Waals surface area contributed by atoms with Gasteiger partial charge >= 0.3 is 0 Å². The van der Waals surface area contributed by atoms with Crippen LogP contribution in [0, 0.1) is 11.3 Å². The first-order valence-electron chi connectivity index (χ1n) is 7.75.